The summed E-state index contributed by atoms with van der Waals surface area (Å²) in [7, 11) is 1.34. The maximum Gasteiger partial charge on any atom is 0.339 e. The van der Waals surface area contributed by atoms with Crippen LogP contribution < -0.4 is 0 Å². The lowest BCUT2D eigenvalue weighted by molar-refractivity contribution is 0.0600. The number of ether oxygens (including phenoxy) is 2. The van der Waals surface area contributed by atoms with E-state index in [0.29, 0.717) is 18.8 Å². The Morgan fingerprint density at radius 1 is 1.15 bits per heavy atom. The molecule has 0 unspecified atom stereocenters. The van der Waals surface area contributed by atoms with Crippen LogP contribution in [-0.2, 0) is 22.5 Å². The third-order valence-corrected chi connectivity index (χ3v) is 2.72. The average molecular weight is 272 g/mol. The van der Waals surface area contributed by atoms with Crippen LogP contribution in [-0.4, -0.2) is 29.7 Å². The van der Waals surface area contributed by atoms with Gasteiger partial charge in [0.25, 0.3) is 0 Å². The first-order valence-corrected chi connectivity index (χ1v) is 6.30. The van der Waals surface area contributed by atoms with Crippen LogP contribution >= 0.6 is 0 Å². The Bertz CT molecular complexity index is 541. The third-order valence-electron chi connectivity index (χ3n) is 2.72. The summed E-state index contributed by atoms with van der Waals surface area (Å²) in [5, 5.41) is 0. The summed E-state index contributed by atoms with van der Waals surface area (Å²) in [6.45, 7) is 0.992. The molecule has 0 fully saturated rings. The zero-order valence-corrected chi connectivity index (χ0v) is 11.3. The Balaban J connectivity index is 1.75. The van der Waals surface area contributed by atoms with Crippen molar-refractivity contribution in [3.63, 3.8) is 0 Å². The van der Waals surface area contributed by atoms with Gasteiger partial charge in [-0.15, -0.1) is 0 Å². The van der Waals surface area contributed by atoms with Gasteiger partial charge in [0.05, 0.1) is 31.6 Å². The number of aromatic nitrogens is 2. The van der Waals surface area contributed by atoms with Crippen molar-refractivity contribution < 1.29 is 14.3 Å². The van der Waals surface area contributed by atoms with E-state index < -0.39 is 0 Å². The summed E-state index contributed by atoms with van der Waals surface area (Å²) in [6, 6.07) is 9.24. The molecule has 0 bridgehead atoms. The van der Waals surface area contributed by atoms with Gasteiger partial charge < -0.3 is 9.47 Å². The Morgan fingerprint density at radius 2 is 2.05 bits per heavy atom. The molecule has 0 N–H and O–H groups in total. The zero-order valence-electron chi connectivity index (χ0n) is 11.3. The Hall–Kier alpha value is -2.27. The van der Waals surface area contributed by atoms with Crippen LogP contribution in [0.4, 0.5) is 0 Å². The van der Waals surface area contributed by atoms with Crippen molar-refractivity contribution in [3.8, 4) is 0 Å². The standard InChI is InChI=1S/C15H16N2O3/c1-19-15(18)12-5-6-14(17-10-12)11-20-9-7-13-4-2-3-8-16-13/h2-6,8,10H,7,9,11H2,1H3. The number of carbonyl (C=O) groups is 1. The number of hydrogen-bond acceptors (Lipinski definition) is 5. The lowest BCUT2D eigenvalue weighted by Crippen LogP contribution is -2.04. The molecule has 2 aromatic rings. The van der Waals surface area contributed by atoms with Gasteiger partial charge in [-0.05, 0) is 24.3 Å². The van der Waals surface area contributed by atoms with E-state index in [1.807, 2.05) is 18.2 Å². The van der Waals surface area contributed by atoms with Crippen LogP contribution in [0.2, 0.25) is 0 Å². The molecule has 0 radical (unpaired) electrons. The summed E-state index contributed by atoms with van der Waals surface area (Å²) < 4.78 is 10.1. The van der Waals surface area contributed by atoms with Crippen molar-refractivity contribution in [1.29, 1.82) is 0 Å². The number of carbonyl (C=O) groups excluding carboxylic acids is 1. The van der Waals surface area contributed by atoms with Gasteiger partial charge in [0.2, 0.25) is 0 Å². The highest BCUT2D eigenvalue weighted by molar-refractivity contribution is 5.88. The molecule has 2 heterocycles. The van der Waals surface area contributed by atoms with Crippen LogP contribution in [0.5, 0.6) is 0 Å². The number of pyridine rings is 2. The molecule has 5 heteroatoms. The first kappa shape index (κ1) is 14.1. The van der Waals surface area contributed by atoms with E-state index >= 15 is 0 Å². The summed E-state index contributed by atoms with van der Waals surface area (Å²) in [6.07, 6.45) is 4.02. The van der Waals surface area contributed by atoms with Crippen LogP contribution in [0.3, 0.4) is 0 Å². The minimum atomic E-state index is -0.389. The fraction of sp³-hybridized carbons (Fsp3) is 0.267. The minimum Gasteiger partial charge on any atom is -0.465 e. The fourth-order valence-corrected chi connectivity index (χ4v) is 1.65. The van der Waals surface area contributed by atoms with Gasteiger partial charge in [0.1, 0.15) is 0 Å². The van der Waals surface area contributed by atoms with E-state index in [0.717, 1.165) is 17.8 Å². The summed E-state index contributed by atoms with van der Waals surface area (Å²) >= 11 is 0. The largest absolute Gasteiger partial charge is 0.465 e. The second-order valence-electron chi connectivity index (χ2n) is 4.15. The zero-order chi connectivity index (χ0) is 14.2. The maximum absolute atomic E-state index is 11.2. The third kappa shape index (κ3) is 4.13. The van der Waals surface area contributed by atoms with Gasteiger partial charge in [0.15, 0.2) is 0 Å². The van der Waals surface area contributed by atoms with Crippen LogP contribution in [0.25, 0.3) is 0 Å². The van der Waals surface area contributed by atoms with Crippen LogP contribution in [0, 0.1) is 0 Å². The van der Waals surface area contributed by atoms with Crippen molar-refractivity contribution in [2.24, 2.45) is 0 Å². The number of rotatable bonds is 6. The number of methoxy groups -OCH3 is 1. The quantitative estimate of drug-likeness (QED) is 0.594. The molecule has 0 aromatic carbocycles. The fourth-order valence-electron chi connectivity index (χ4n) is 1.65. The smallest absolute Gasteiger partial charge is 0.339 e. The number of nitrogens with zero attached hydrogens (tertiary/aromatic N) is 2. The van der Waals surface area contributed by atoms with E-state index in [1.165, 1.54) is 13.3 Å². The van der Waals surface area contributed by atoms with Crippen molar-refractivity contribution in [3.05, 3.63) is 59.7 Å². The van der Waals surface area contributed by atoms with Gasteiger partial charge in [-0.2, -0.15) is 0 Å². The highest BCUT2D eigenvalue weighted by atomic mass is 16.5. The highest BCUT2D eigenvalue weighted by Gasteiger charge is 2.05. The minimum absolute atomic E-state index is 0.389. The van der Waals surface area contributed by atoms with Crippen LogP contribution in [0.15, 0.2) is 42.7 Å². The normalized spacial score (nSPS) is 10.2. The molecule has 0 aliphatic heterocycles. The van der Waals surface area contributed by atoms with Gasteiger partial charge in [-0.1, -0.05) is 6.07 Å². The molecule has 5 nitrogen and oxygen atoms in total. The first-order chi connectivity index (χ1) is 9.79. The lowest BCUT2D eigenvalue weighted by atomic mass is 10.2. The number of hydrogen-bond donors (Lipinski definition) is 0. The Labute approximate surface area is 117 Å². The molecule has 0 aliphatic rings. The molecular weight excluding hydrogens is 256 g/mol. The van der Waals surface area contributed by atoms with Gasteiger partial charge in [-0.25, -0.2) is 4.79 Å². The van der Waals surface area contributed by atoms with Crippen molar-refractivity contribution in [1.82, 2.24) is 9.97 Å². The van der Waals surface area contributed by atoms with Gasteiger partial charge in [0, 0.05) is 24.5 Å². The molecular formula is C15H16N2O3. The van der Waals surface area contributed by atoms with E-state index in [1.54, 1.807) is 18.3 Å². The lowest BCUT2D eigenvalue weighted by Gasteiger charge is -2.04. The predicted octanol–water partition coefficient (Wildman–Crippen LogP) is 2.02. The second-order valence-corrected chi connectivity index (χ2v) is 4.15. The molecule has 0 saturated heterocycles. The van der Waals surface area contributed by atoms with E-state index in [4.69, 9.17) is 4.74 Å². The molecule has 0 aliphatic carbocycles. The Kier molecular flexibility index (Phi) is 5.20. The number of esters is 1. The van der Waals surface area contributed by atoms with Gasteiger partial charge in [-0.3, -0.25) is 9.97 Å². The monoisotopic (exact) mass is 272 g/mol. The summed E-state index contributed by atoms with van der Waals surface area (Å²) in [5.41, 5.74) is 2.21. The second kappa shape index (κ2) is 7.35. The maximum atomic E-state index is 11.2. The van der Waals surface area contributed by atoms with Crippen molar-refractivity contribution in [2.45, 2.75) is 13.0 Å². The molecule has 104 valence electrons. The first-order valence-electron chi connectivity index (χ1n) is 6.30. The Morgan fingerprint density at radius 3 is 2.70 bits per heavy atom. The van der Waals surface area contributed by atoms with Crippen molar-refractivity contribution in [2.75, 3.05) is 13.7 Å². The van der Waals surface area contributed by atoms with Gasteiger partial charge >= 0.3 is 5.97 Å². The van der Waals surface area contributed by atoms with Crippen LogP contribution in [0.1, 0.15) is 21.7 Å². The molecule has 0 saturated carbocycles. The molecule has 0 amide bonds. The van der Waals surface area contributed by atoms with E-state index in [-0.39, 0.29) is 5.97 Å². The summed E-state index contributed by atoms with van der Waals surface area (Å²) in [5.74, 6) is -0.389. The topological polar surface area (TPSA) is 61.3 Å². The molecule has 0 spiro atoms. The summed E-state index contributed by atoms with van der Waals surface area (Å²) in [4.78, 5) is 19.6. The average Bonchev–Trinajstić information content (AvgIpc) is 2.52. The predicted molar refractivity (Wildman–Crippen MR) is 73.2 cm³/mol. The molecule has 20 heavy (non-hydrogen) atoms. The van der Waals surface area contributed by atoms with Crippen molar-refractivity contribution >= 4 is 5.97 Å². The van der Waals surface area contributed by atoms with E-state index in [2.05, 4.69) is 14.7 Å². The SMILES string of the molecule is COC(=O)c1ccc(COCCc2ccccn2)nc1. The van der Waals surface area contributed by atoms with E-state index in [9.17, 15) is 4.79 Å². The molecule has 2 rings (SSSR count). The molecule has 2 aromatic heterocycles. The molecule has 0 atom stereocenters. The highest BCUT2D eigenvalue weighted by Crippen LogP contribution is 2.04.